The molecule has 1 heterocycles. The van der Waals surface area contributed by atoms with Crippen LogP contribution in [0.15, 0.2) is 60.0 Å². The summed E-state index contributed by atoms with van der Waals surface area (Å²) in [7, 11) is 0. The highest BCUT2D eigenvalue weighted by Crippen LogP contribution is 1.98. The highest BCUT2D eigenvalue weighted by molar-refractivity contribution is 5.78. The van der Waals surface area contributed by atoms with Crippen LogP contribution >= 0.6 is 0 Å². The predicted octanol–water partition coefficient (Wildman–Crippen LogP) is -1.22. The first kappa shape index (κ1) is 12.2. The van der Waals surface area contributed by atoms with Crippen LogP contribution in [-0.2, 0) is 0 Å². The SMILES string of the molecule is O/N=C/c1cc[n+](-c2ccccc2)cc1.[Cl-]. The average molecular weight is 235 g/mol. The smallest absolute Gasteiger partial charge is 0.210 e. The molecule has 16 heavy (non-hydrogen) atoms. The Bertz CT molecular complexity index is 454. The van der Waals surface area contributed by atoms with Gasteiger partial charge >= 0.3 is 0 Å². The largest absolute Gasteiger partial charge is 1.00 e. The molecule has 82 valence electrons. The van der Waals surface area contributed by atoms with E-state index in [1.54, 1.807) is 0 Å². The van der Waals surface area contributed by atoms with Crippen molar-refractivity contribution in [3.63, 3.8) is 0 Å². The van der Waals surface area contributed by atoms with Crippen LogP contribution in [0.2, 0.25) is 0 Å². The molecule has 0 unspecified atom stereocenters. The Morgan fingerprint density at radius 3 is 2.19 bits per heavy atom. The van der Waals surface area contributed by atoms with Crippen LogP contribution in [0.25, 0.3) is 5.69 Å². The van der Waals surface area contributed by atoms with Crippen LogP contribution in [0, 0.1) is 0 Å². The van der Waals surface area contributed by atoms with E-state index in [0.717, 1.165) is 11.3 Å². The minimum Gasteiger partial charge on any atom is -1.00 e. The molecule has 0 aliphatic rings. The van der Waals surface area contributed by atoms with E-state index < -0.39 is 0 Å². The average Bonchev–Trinajstić information content (AvgIpc) is 2.32. The molecule has 0 spiro atoms. The van der Waals surface area contributed by atoms with Gasteiger partial charge in [0.25, 0.3) is 0 Å². The Labute approximate surface area is 100 Å². The van der Waals surface area contributed by atoms with Crippen molar-refractivity contribution in [1.82, 2.24) is 0 Å². The van der Waals surface area contributed by atoms with Crippen molar-refractivity contribution in [1.29, 1.82) is 0 Å². The van der Waals surface area contributed by atoms with E-state index in [0.29, 0.717) is 0 Å². The van der Waals surface area contributed by atoms with E-state index >= 15 is 0 Å². The molecule has 0 fully saturated rings. The zero-order valence-corrected chi connectivity index (χ0v) is 9.25. The van der Waals surface area contributed by atoms with Crippen molar-refractivity contribution in [2.45, 2.75) is 0 Å². The fraction of sp³-hybridized carbons (Fsp3) is 0. The molecule has 0 aliphatic carbocycles. The van der Waals surface area contributed by atoms with Crippen LogP contribution in [-0.4, -0.2) is 11.4 Å². The second-order valence-corrected chi connectivity index (χ2v) is 3.12. The fourth-order valence-corrected chi connectivity index (χ4v) is 1.36. The lowest BCUT2D eigenvalue weighted by atomic mass is 10.2. The van der Waals surface area contributed by atoms with Gasteiger partial charge in [0, 0.05) is 29.8 Å². The summed E-state index contributed by atoms with van der Waals surface area (Å²) in [6, 6.07) is 13.8. The van der Waals surface area contributed by atoms with E-state index in [1.807, 2.05) is 59.4 Å². The summed E-state index contributed by atoms with van der Waals surface area (Å²) in [6.45, 7) is 0. The van der Waals surface area contributed by atoms with Gasteiger partial charge in [0.1, 0.15) is 0 Å². The lowest BCUT2D eigenvalue weighted by Gasteiger charge is -1.94. The second kappa shape index (κ2) is 5.88. The molecular weight excluding hydrogens is 224 g/mol. The molecule has 0 saturated carbocycles. The van der Waals surface area contributed by atoms with Gasteiger partial charge < -0.3 is 17.6 Å². The summed E-state index contributed by atoms with van der Waals surface area (Å²) in [4.78, 5) is 0. The predicted molar refractivity (Wildman–Crippen MR) is 57.4 cm³/mol. The summed E-state index contributed by atoms with van der Waals surface area (Å²) in [5.74, 6) is 0. The van der Waals surface area contributed by atoms with Crippen molar-refractivity contribution >= 4 is 6.21 Å². The van der Waals surface area contributed by atoms with Gasteiger partial charge in [-0.05, 0) is 0 Å². The van der Waals surface area contributed by atoms with Gasteiger partial charge in [-0.15, -0.1) is 0 Å². The molecule has 1 N–H and O–H groups in total. The molecule has 0 radical (unpaired) electrons. The van der Waals surface area contributed by atoms with Gasteiger partial charge in [-0.3, -0.25) is 0 Å². The summed E-state index contributed by atoms with van der Waals surface area (Å²) in [6.07, 6.45) is 5.24. The van der Waals surface area contributed by atoms with E-state index in [-0.39, 0.29) is 12.4 Å². The minimum atomic E-state index is 0. The van der Waals surface area contributed by atoms with Crippen molar-refractivity contribution in [2.24, 2.45) is 5.16 Å². The van der Waals surface area contributed by atoms with Crippen LogP contribution < -0.4 is 17.0 Å². The first-order chi connectivity index (χ1) is 7.40. The highest BCUT2D eigenvalue weighted by atomic mass is 35.5. The number of halogens is 1. The molecule has 3 nitrogen and oxygen atoms in total. The standard InChI is InChI=1S/C12H10N2O.ClH/c15-13-10-11-6-8-14(9-7-11)12-4-2-1-3-5-12;/h1-10H;1H. The normalized spacial score (nSPS) is 10.0. The van der Waals surface area contributed by atoms with E-state index in [2.05, 4.69) is 5.16 Å². The molecule has 0 aliphatic heterocycles. The van der Waals surface area contributed by atoms with Crippen molar-refractivity contribution in [2.75, 3.05) is 0 Å². The zero-order chi connectivity index (χ0) is 10.5. The number of oxime groups is 1. The van der Waals surface area contributed by atoms with Crippen molar-refractivity contribution in [3.05, 3.63) is 60.4 Å². The molecule has 4 heteroatoms. The number of hydrogen-bond donors (Lipinski definition) is 1. The molecule has 0 atom stereocenters. The highest BCUT2D eigenvalue weighted by Gasteiger charge is 2.02. The number of pyridine rings is 1. The van der Waals surface area contributed by atoms with Gasteiger partial charge in [-0.25, -0.2) is 0 Å². The third-order valence-electron chi connectivity index (χ3n) is 2.12. The van der Waals surface area contributed by atoms with Crippen LogP contribution in [0.1, 0.15) is 5.56 Å². The lowest BCUT2D eigenvalue weighted by molar-refractivity contribution is -0.595. The number of hydrogen-bond acceptors (Lipinski definition) is 2. The molecule has 2 rings (SSSR count). The summed E-state index contributed by atoms with van der Waals surface area (Å²) in [5.41, 5.74) is 1.97. The maximum atomic E-state index is 8.37. The first-order valence-electron chi connectivity index (χ1n) is 4.64. The minimum absolute atomic E-state index is 0. The van der Waals surface area contributed by atoms with Crippen LogP contribution in [0.3, 0.4) is 0 Å². The van der Waals surface area contributed by atoms with Crippen LogP contribution in [0.4, 0.5) is 0 Å². The zero-order valence-electron chi connectivity index (χ0n) is 8.49. The van der Waals surface area contributed by atoms with E-state index in [9.17, 15) is 0 Å². The third kappa shape index (κ3) is 2.81. The van der Waals surface area contributed by atoms with Crippen molar-refractivity contribution in [3.8, 4) is 5.69 Å². The number of benzene rings is 1. The molecule has 0 amide bonds. The Balaban J connectivity index is 0.00000128. The Morgan fingerprint density at radius 2 is 1.62 bits per heavy atom. The summed E-state index contributed by atoms with van der Waals surface area (Å²) in [5, 5.41) is 11.3. The quantitative estimate of drug-likeness (QED) is 0.301. The summed E-state index contributed by atoms with van der Waals surface area (Å²) < 4.78 is 1.99. The Morgan fingerprint density at radius 1 is 1.00 bits per heavy atom. The molecule has 0 saturated heterocycles. The van der Waals surface area contributed by atoms with Gasteiger partial charge in [0.15, 0.2) is 12.4 Å². The van der Waals surface area contributed by atoms with E-state index in [1.165, 1.54) is 6.21 Å². The first-order valence-corrected chi connectivity index (χ1v) is 4.64. The number of para-hydroxylation sites is 1. The number of aromatic nitrogens is 1. The summed E-state index contributed by atoms with van der Waals surface area (Å²) >= 11 is 0. The molecule has 0 bridgehead atoms. The van der Waals surface area contributed by atoms with Gasteiger partial charge in [0.05, 0.1) is 6.21 Å². The molecular formula is C12H11ClN2O. The Kier molecular flexibility index (Phi) is 4.48. The van der Waals surface area contributed by atoms with Crippen LogP contribution in [0.5, 0.6) is 0 Å². The van der Waals surface area contributed by atoms with Crippen molar-refractivity contribution < 1.29 is 22.2 Å². The fourth-order valence-electron chi connectivity index (χ4n) is 1.36. The molecule has 2 aromatic rings. The monoisotopic (exact) mass is 234 g/mol. The molecule has 1 aromatic heterocycles. The third-order valence-corrected chi connectivity index (χ3v) is 2.12. The lowest BCUT2D eigenvalue weighted by Crippen LogP contribution is -3.00. The maximum absolute atomic E-state index is 8.37. The van der Waals surface area contributed by atoms with E-state index in [4.69, 9.17) is 5.21 Å². The van der Waals surface area contributed by atoms with Gasteiger partial charge in [0.2, 0.25) is 5.69 Å². The maximum Gasteiger partial charge on any atom is 0.210 e. The second-order valence-electron chi connectivity index (χ2n) is 3.12. The molecule has 1 aromatic carbocycles. The topological polar surface area (TPSA) is 36.5 Å². The Hall–Kier alpha value is -1.87. The van der Waals surface area contributed by atoms with Gasteiger partial charge in [-0.1, -0.05) is 23.4 Å². The number of rotatable bonds is 2. The number of nitrogens with zero attached hydrogens (tertiary/aromatic N) is 2. The van der Waals surface area contributed by atoms with Gasteiger partial charge in [-0.2, -0.15) is 4.57 Å².